The zero-order chi connectivity index (χ0) is 20.2. The third-order valence-electron chi connectivity index (χ3n) is 5.81. The van der Waals surface area contributed by atoms with Crippen LogP contribution in [0.1, 0.15) is 36.4 Å². The highest BCUT2D eigenvalue weighted by Crippen LogP contribution is 2.25. The molecule has 0 bridgehead atoms. The topological polar surface area (TPSA) is 86.4 Å². The lowest BCUT2D eigenvalue weighted by atomic mass is 9.94. The Kier molecular flexibility index (Phi) is 5.87. The van der Waals surface area contributed by atoms with E-state index in [4.69, 9.17) is 0 Å². The Morgan fingerprint density at radius 1 is 1.03 bits per heavy atom. The molecule has 2 amide bonds. The monoisotopic (exact) mass is 393 g/mol. The molecule has 1 aromatic heterocycles. The molecule has 2 atom stereocenters. The first-order chi connectivity index (χ1) is 14.1. The van der Waals surface area contributed by atoms with Crippen LogP contribution in [0.3, 0.4) is 0 Å². The second kappa shape index (κ2) is 8.71. The molecule has 29 heavy (non-hydrogen) atoms. The van der Waals surface area contributed by atoms with Crippen molar-refractivity contribution in [2.45, 2.75) is 38.3 Å². The lowest BCUT2D eigenvalue weighted by Gasteiger charge is -2.32. The number of carbonyl (C=O) groups excluding carboxylic acids is 2. The number of pyridine rings is 1. The summed E-state index contributed by atoms with van der Waals surface area (Å²) in [6.07, 6.45) is 5.61. The van der Waals surface area contributed by atoms with Gasteiger partial charge in [0.2, 0.25) is 11.8 Å². The molecule has 7 heteroatoms. The summed E-state index contributed by atoms with van der Waals surface area (Å²) in [4.78, 5) is 31.3. The molecule has 3 N–H and O–H groups in total. The third-order valence-corrected chi connectivity index (χ3v) is 5.81. The minimum atomic E-state index is -0.244. The molecule has 0 saturated carbocycles. The van der Waals surface area contributed by atoms with Crippen LogP contribution in [0.5, 0.6) is 0 Å². The van der Waals surface area contributed by atoms with Crippen LogP contribution in [-0.4, -0.2) is 40.8 Å². The molecule has 0 spiro atoms. The number of nitrogens with zero attached hydrogens (tertiary/aromatic N) is 2. The van der Waals surface area contributed by atoms with Gasteiger partial charge >= 0.3 is 0 Å². The summed E-state index contributed by atoms with van der Waals surface area (Å²) in [5.74, 6) is 0.0883. The Bertz CT molecular complexity index is 847. The molecule has 152 valence electrons. The van der Waals surface area contributed by atoms with Crippen molar-refractivity contribution in [2.24, 2.45) is 5.92 Å². The minimum Gasteiger partial charge on any atom is -0.341 e. The van der Waals surface area contributed by atoms with Gasteiger partial charge in [0.25, 0.3) is 0 Å². The molecule has 4 rings (SSSR count). The molecular weight excluding hydrogens is 366 g/mol. The van der Waals surface area contributed by atoms with E-state index in [1.165, 1.54) is 0 Å². The van der Waals surface area contributed by atoms with Crippen LogP contribution in [0.25, 0.3) is 0 Å². The summed E-state index contributed by atoms with van der Waals surface area (Å²) in [7, 11) is 0. The number of piperidine rings is 1. The van der Waals surface area contributed by atoms with E-state index >= 15 is 0 Å². The van der Waals surface area contributed by atoms with Gasteiger partial charge in [-0.05, 0) is 56.0 Å². The van der Waals surface area contributed by atoms with E-state index < -0.39 is 0 Å². The van der Waals surface area contributed by atoms with E-state index in [-0.39, 0.29) is 29.8 Å². The number of hydrogen-bond acceptors (Lipinski definition) is 5. The predicted octanol–water partition coefficient (Wildman–Crippen LogP) is 2.17. The van der Waals surface area contributed by atoms with E-state index in [0.29, 0.717) is 32.4 Å². The lowest BCUT2D eigenvalue weighted by molar-refractivity contribution is -0.136. The summed E-state index contributed by atoms with van der Waals surface area (Å²) >= 11 is 0. The molecular formula is C22H27N5O2. The number of nitrogens with one attached hydrogen (secondary N) is 3. The maximum absolute atomic E-state index is 12.9. The van der Waals surface area contributed by atoms with Crippen LogP contribution in [0.15, 0.2) is 48.8 Å². The largest absolute Gasteiger partial charge is 0.341 e. The Hall–Kier alpha value is -2.77. The van der Waals surface area contributed by atoms with Crippen molar-refractivity contribution >= 4 is 17.5 Å². The highest BCUT2D eigenvalue weighted by Gasteiger charge is 2.35. The highest BCUT2D eigenvalue weighted by atomic mass is 16.2. The summed E-state index contributed by atoms with van der Waals surface area (Å²) < 4.78 is 0. The number of hydrazine groups is 1. The van der Waals surface area contributed by atoms with Crippen LogP contribution in [0.2, 0.25) is 0 Å². The maximum Gasteiger partial charge on any atom is 0.241 e. The molecule has 2 aliphatic heterocycles. The molecule has 0 radical (unpaired) electrons. The maximum atomic E-state index is 12.9. The van der Waals surface area contributed by atoms with Crippen LogP contribution in [-0.2, 0) is 9.59 Å². The molecule has 2 aliphatic rings. The molecule has 2 aromatic rings. The first kappa shape index (κ1) is 19.5. The van der Waals surface area contributed by atoms with Gasteiger partial charge in [-0.3, -0.25) is 14.6 Å². The fourth-order valence-corrected chi connectivity index (χ4v) is 4.00. The zero-order valence-electron chi connectivity index (χ0n) is 16.6. The van der Waals surface area contributed by atoms with Gasteiger partial charge in [0.1, 0.15) is 6.04 Å². The molecule has 7 nitrogen and oxygen atoms in total. The Labute approximate surface area is 170 Å². The number of aromatic nitrogens is 1. The van der Waals surface area contributed by atoms with Gasteiger partial charge in [-0.15, -0.1) is 0 Å². The standard InChI is InChI=1S/C22H27N5O2/c1-15-2-4-18(5-3-15)24-21(28)17-8-12-27(13-9-17)22(29)20-14-19(25-26-20)16-6-10-23-11-7-16/h2-7,10-11,17,19-20,25-26H,8-9,12-14H2,1H3,(H,24,28). The van der Waals surface area contributed by atoms with Crippen molar-refractivity contribution in [1.82, 2.24) is 20.7 Å². The molecule has 2 unspecified atom stereocenters. The summed E-state index contributed by atoms with van der Waals surface area (Å²) in [5.41, 5.74) is 9.45. The van der Waals surface area contributed by atoms with Crippen molar-refractivity contribution in [2.75, 3.05) is 18.4 Å². The Morgan fingerprint density at radius 3 is 2.41 bits per heavy atom. The van der Waals surface area contributed by atoms with Crippen molar-refractivity contribution in [3.05, 3.63) is 59.9 Å². The van der Waals surface area contributed by atoms with Gasteiger partial charge in [-0.2, -0.15) is 0 Å². The fourth-order valence-electron chi connectivity index (χ4n) is 4.00. The predicted molar refractivity (Wildman–Crippen MR) is 111 cm³/mol. The van der Waals surface area contributed by atoms with Crippen LogP contribution in [0, 0.1) is 12.8 Å². The summed E-state index contributed by atoms with van der Waals surface area (Å²) in [6.45, 7) is 3.25. The van der Waals surface area contributed by atoms with E-state index in [0.717, 1.165) is 16.8 Å². The summed E-state index contributed by atoms with van der Waals surface area (Å²) in [5, 5.41) is 2.99. The van der Waals surface area contributed by atoms with Gasteiger partial charge in [0.05, 0.1) is 0 Å². The van der Waals surface area contributed by atoms with Gasteiger partial charge in [-0.25, -0.2) is 10.9 Å². The summed E-state index contributed by atoms with van der Waals surface area (Å²) in [6, 6.07) is 11.6. The highest BCUT2D eigenvalue weighted by molar-refractivity contribution is 5.92. The first-order valence-electron chi connectivity index (χ1n) is 10.2. The average molecular weight is 393 g/mol. The number of amides is 2. The fraction of sp³-hybridized carbons (Fsp3) is 0.409. The van der Waals surface area contributed by atoms with E-state index in [1.54, 1.807) is 12.4 Å². The second-order valence-corrected chi connectivity index (χ2v) is 7.86. The molecule has 2 fully saturated rings. The van der Waals surface area contributed by atoms with Gasteiger partial charge in [0, 0.05) is 43.1 Å². The Morgan fingerprint density at radius 2 is 1.72 bits per heavy atom. The normalized spacial score (nSPS) is 22.4. The van der Waals surface area contributed by atoms with E-state index in [1.807, 2.05) is 48.2 Å². The van der Waals surface area contributed by atoms with Crippen molar-refractivity contribution in [3.8, 4) is 0 Å². The SMILES string of the molecule is Cc1ccc(NC(=O)C2CCN(C(=O)C3CC(c4ccncc4)NN3)CC2)cc1. The van der Waals surface area contributed by atoms with E-state index in [9.17, 15) is 9.59 Å². The average Bonchev–Trinajstić information content (AvgIpc) is 3.26. The number of aryl methyl sites for hydroxylation is 1. The van der Waals surface area contributed by atoms with Gasteiger partial charge in [0.15, 0.2) is 0 Å². The third kappa shape index (κ3) is 4.63. The van der Waals surface area contributed by atoms with Crippen LogP contribution >= 0.6 is 0 Å². The number of benzene rings is 1. The van der Waals surface area contributed by atoms with Gasteiger partial charge < -0.3 is 10.2 Å². The smallest absolute Gasteiger partial charge is 0.241 e. The molecule has 0 aliphatic carbocycles. The first-order valence-corrected chi connectivity index (χ1v) is 10.2. The second-order valence-electron chi connectivity index (χ2n) is 7.86. The van der Waals surface area contributed by atoms with E-state index in [2.05, 4.69) is 21.2 Å². The number of likely N-dealkylation sites (tertiary alicyclic amines) is 1. The van der Waals surface area contributed by atoms with Crippen LogP contribution < -0.4 is 16.2 Å². The number of rotatable bonds is 4. The number of hydrogen-bond donors (Lipinski definition) is 3. The molecule has 2 saturated heterocycles. The minimum absolute atomic E-state index is 0.0411. The molecule has 3 heterocycles. The lowest BCUT2D eigenvalue weighted by Crippen LogP contribution is -2.49. The van der Waals surface area contributed by atoms with Crippen molar-refractivity contribution in [1.29, 1.82) is 0 Å². The van der Waals surface area contributed by atoms with Gasteiger partial charge in [-0.1, -0.05) is 17.7 Å². The van der Waals surface area contributed by atoms with Crippen LogP contribution in [0.4, 0.5) is 5.69 Å². The zero-order valence-corrected chi connectivity index (χ0v) is 16.6. The Balaban J connectivity index is 1.26. The van der Waals surface area contributed by atoms with Crippen molar-refractivity contribution in [3.63, 3.8) is 0 Å². The quantitative estimate of drug-likeness (QED) is 0.741. The molecule has 1 aromatic carbocycles. The number of anilines is 1. The number of carbonyl (C=O) groups is 2. The van der Waals surface area contributed by atoms with Crippen molar-refractivity contribution < 1.29 is 9.59 Å².